The zero-order chi connectivity index (χ0) is 15.4. The molecule has 0 fully saturated rings. The van der Waals surface area contributed by atoms with Gasteiger partial charge in [0.25, 0.3) is 0 Å². The first kappa shape index (κ1) is 16.7. The number of carbonyl (C=O) groups is 1. The minimum atomic E-state index is -2.27. The van der Waals surface area contributed by atoms with E-state index in [1.165, 1.54) is 0 Å². The molecular formula is C15H25NO3Si. The van der Waals surface area contributed by atoms with Gasteiger partial charge in [-0.3, -0.25) is 0 Å². The van der Waals surface area contributed by atoms with Gasteiger partial charge in [0.1, 0.15) is 5.60 Å². The molecule has 4 nitrogen and oxygen atoms in total. The molecule has 20 heavy (non-hydrogen) atoms. The Morgan fingerprint density at radius 1 is 1.35 bits per heavy atom. The first-order chi connectivity index (χ1) is 9.08. The van der Waals surface area contributed by atoms with Crippen molar-refractivity contribution in [2.24, 2.45) is 0 Å². The number of alkyl carbamates (subject to hydrolysis) is 1. The molecule has 0 radical (unpaired) electrons. The standard InChI is InChI=1S/C15H25NO3Si/c1-15(2,3)19-14(17)16-10-9-12-7-6-8-13(11-12)20(4,5)18/h6-8,11,18H,9-10H2,1-5H3,(H,16,17). The number of amides is 1. The maximum atomic E-state index is 11.5. The zero-order valence-electron chi connectivity index (χ0n) is 13.0. The van der Waals surface area contributed by atoms with E-state index in [-0.39, 0.29) is 0 Å². The predicted molar refractivity (Wildman–Crippen MR) is 83.7 cm³/mol. The second-order valence-corrected chi connectivity index (χ2v) is 10.1. The lowest BCUT2D eigenvalue weighted by Crippen LogP contribution is -2.41. The average Bonchev–Trinajstić information content (AvgIpc) is 2.25. The Morgan fingerprint density at radius 3 is 2.55 bits per heavy atom. The first-order valence-corrected chi connectivity index (χ1v) is 9.81. The summed E-state index contributed by atoms with van der Waals surface area (Å²) in [4.78, 5) is 21.6. The van der Waals surface area contributed by atoms with Crippen molar-refractivity contribution < 1.29 is 14.3 Å². The molecule has 0 saturated heterocycles. The monoisotopic (exact) mass is 295 g/mol. The fourth-order valence-electron chi connectivity index (χ4n) is 1.73. The summed E-state index contributed by atoms with van der Waals surface area (Å²) >= 11 is 0. The highest BCUT2D eigenvalue weighted by atomic mass is 28.4. The van der Waals surface area contributed by atoms with Gasteiger partial charge >= 0.3 is 6.09 Å². The topological polar surface area (TPSA) is 58.6 Å². The number of nitrogens with one attached hydrogen (secondary N) is 1. The smallest absolute Gasteiger partial charge is 0.407 e. The SMILES string of the molecule is CC(C)(C)OC(=O)NCCc1cccc([Si](C)(C)O)c1. The third kappa shape index (κ3) is 6.21. The van der Waals surface area contributed by atoms with E-state index in [0.717, 1.165) is 17.2 Å². The number of carbonyl (C=O) groups excluding carboxylic acids is 1. The van der Waals surface area contributed by atoms with Crippen molar-refractivity contribution in [3.63, 3.8) is 0 Å². The molecule has 112 valence electrons. The van der Waals surface area contributed by atoms with Gasteiger partial charge in [-0.2, -0.15) is 0 Å². The van der Waals surface area contributed by atoms with Gasteiger partial charge in [-0.15, -0.1) is 0 Å². The molecule has 2 N–H and O–H groups in total. The van der Waals surface area contributed by atoms with Crippen LogP contribution in [-0.4, -0.2) is 31.4 Å². The van der Waals surface area contributed by atoms with Crippen LogP contribution in [0, 0.1) is 0 Å². The van der Waals surface area contributed by atoms with E-state index in [4.69, 9.17) is 4.74 Å². The summed E-state index contributed by atoms with van der Waals surface area (Å²) in [6, 6.07) is 7.92. The third-order valence-corrected chi connectivity index (χ3v) is 4.44. The van der Waals surface area contributed by atoms with Gasteiger partial charge in [0, 0.05) is 6.54 Å². The molecule has 0 spiro atoms. The lowest BCUT2D eigenvalue weighted by atomic mass is 10.1. The van der Waals surface area contributed by atoms with Crippen LogP contribution in [0.3, 0.4) is 0 Å². The van der Waals surface area contributed by atoms with Crippen molar-refractivity contribution in [2.75, 3.05) is 6.54 Å². The molecule has 5 heteroatoms. The molecule has 1 rings (SSSR count). The molecule has 1 amide bonds. The van der Waals surface area contributed by atoms with E-state index in [9.17, 15) is 9.59 Å². The van der Waals surface area contributed by atoms with Crippen LogP contribution in [-0.2, 0) is 11.2 Å². The van der Waals surface area contributed by atoms with Crippen molar-refractivity contribution in [1.29, 1.82) is 0 Å². The second-order valence-electron chi connectivity index (χ2n) is 6.44. The molecule has 1 aromatic carbocycles. The van der Waals surface area contributed by atoms with Gasteiger partial charge in [-0.25, -0.2) is 4.79 Å². The van der Waals surface area contributed by atoms with Crippen molar-refractivity contribution in [3.05, 3.63) is 29.8 Å². The Bertz CT molecular complexity index is 461. The highest BCUT2D eigenvalue weighted by molar-refractivity contribution is 6.83. The van der Waals surface area contributed by atoms with E-state index >= 15 is 0 Å². The van der Waals surface area contributed by atoms with Gasteiger partial charge in [0.05, 0.1) is 0 Å². The third-order valence-electron chi connectivity index (χ3n) is 2.72. The largest absolute Gasteiger partial charge is 0.444 e. The molecule has 0 saturated carbocycles. The predicted octanol–water partition coefficient (Wildman–Crippen LogP) is 2.16. The van der Waals surface area contributed by atoms with Gasteiger partial charge in [-0.05, 0) is 51.0 Å². The van der Waals surface area contributed by atoms with Crippen LogP contribution in [0.2, 0.25) is 13.1 Å². The quantitative estimate of drug-likeness (QED) is 0.837. The Balaban J connectivity index is 2.49. The number of ether oxygens (including phenoxy) is 1. The van der Waals surface area contributed by atoms with E-state index in [1.54, 1.807) is 0 Å². The summed E-state index contributed by atoms with van der Waals surface area (Å²) in [6.07, 6.45) is 0.322. The van der Waals surface area contributed by atoms with Gasteiger partial charge < -0.3 is 14.8 Å². The molecule has 0 unspecified atom stereocenters. The number of benzene rings is 1. The normalized spacial score (nSPS) is 12.1. The van der Waals surface area contributed by atoms with E-state index < -0.39 is 20.0 Å². The Hall–Kier alpha value is -1.33. The molecule has 0 aliphatic rings. The molecule has 0 bridgehead atoms. The highest BCUT2D eigenvalue weighted by Crippen LogP contribution is 2.07. The Kier molecular flexibility index (Phi) is 5.36. The number of hydrogen-bond acceptors (Lipinski definition) is 3. The van der Waals surface area contributed by atoms with Crippen LogP contribution in [0.15, 0.2) is 24.3 Å². The average molecular weight is 295 g/mol. The lowest BCUT2D eigenvalue weighted by Gasteiger charge is -2.19. The maximum absolute atomic E-state index is 11.5. The van der Waals surface area contributed by atoms with Crippen molar-refractivity contribution in [2.45, 2.75) is 45.9 Å². The number of hydrogen-bond donors (Lipinski definition) is 2. The van der Waals surface area contributed by atoms with E-state index in [2.05, 4.69) is 5.32 Å². The van der Waals surface area contributed by atoms with E-state index in [0.29, 0.717) is 6.54 Å². The summed E-state index contributed by atoms with van der Waals surface area (Å²) in [5, 5.41) is 3.74. The maximum Gasteiger partial charge on any atom is 0.407 e. The van der Waals surface area contributed by atoms with E-state index in [1.807, 2.05) is 58.1 Å². The number of rotatable bonds is 4. The van der Waals surface area contributed by atoms with Crippen LogP contribution in [0.5, 0.6) is 0 Å². The van der Waals surface area contributed by atoms with Gasteiger partial charge in [0.15, 0.2) is 0 Å². The molecule has 0 heterocycles. The first-order valence-electron chi connectivity index (χ1n) is 6.86. The highest BCUT2D eigenvalue weighted by Gasteiger charge is 2.20. The summed E-state index contributed by atoms with van der Waals surface area (Å²) in [5.41, 5.74) is 0.629. The molecule has 0 aromatic heterocycles. The molecule has 0 aliphatic carbocycles. The van der Waals surface area contributed by atoms with Crippen LogP contribution in [0.25, 0.3) is 0 Å². The van der Waals surface area contributed by atoms with Crippen LogP contribution >= 0.6 is 0 Å². The Labute approximate surface area is 122 Å². The van der Waals surface area contributed by atoms with Gasteiger partial charge in [0.2, 0.25) is 8.32 Å². The van der Waals surface area contributed by atoms with Crippen LogP contribution in [0.1, 0.15) is 26.3 Å². The molecule has 1 aromatic rings. The Morgan fingerprint density at radius 2 is 2.00 bits per heavy atom. The minimum Gasteiger partial charge on any atom is -0.444 e. The minimum absolute atomic E-state index is 0.398. The zero-order valence-corrected chi connectivity index (χ0v) is 14.0. The van der Waals surface area contributed by atoms with Crippen LogP contribution in [0.4, 0.5) is 4.79 Å². The molecular weight excluding hydrogens is 270 g/mol. The lowest BCUT2D eigenvalue weighted by molar-refractivity contribution is 0.0528. The van der Waals surface area contributed by atoms with Crippen LogP contribution < -0.4 is 10.5 Å². The van der Waals surface area contributed by atoms with Crippen molar-refractivity contribution >= 4 is 19.6 Å². The van der Waals surface area contributed by atoms with Crippen molar-refractivity contribution in [3.8, 4) is 0 Å². The molecule has 0 aliphatic heterocycles. The van der Waals surface area contributed by atoms with Gasteiger partial charge in [-0.1, -0.05) is 24.3 Å². The second kappa shape index (κ2) is 6.41. The fourth-order valence-corrected chi connectivity index (χ4v) is 2.77. The summed E-state index contributed by atoms with van der Waals surface area (Å²) in [6.45, 7) is 9.82. The summed E-state index contributed by atoms with van der Waals surface area (Å²) < 4.78 is 5.17. The fraction of sp³-hybridized carbons (Fsp3) is 0.533. The summed E-state index contributed by atoms with van der Waals surface area (Å²) in [7, 11) is -2.27. The molecule has 0 atom stereocenters. The summed E-state index contributed by atoms with van der Waals surface area (Å²) in [5.74, 6) is 0. The van der Waals surface area contributed by atoms with Crippen molar-refractivity contribution in [1.82, 2.24) is 5.32 Å².